The molecule has 178 valence electrons. The molecule has 7 nitrogen and oxygen atoms in total. The average molecular weight is 474 g/mol. The molecule has 0 saturated carbocycles. The average Bonchev–Trinajstić information content (AvgIpc) is 2.69. The van der Waals surface area contributed by atoms with Gasteiger partial charge in [0.25, 0.3) is 10.1 Å². The summed E-state index contributed by atoms with van der Waals surface area (Å²) in [6, 6.07) is 0. The van der Waals surface area contributed by atoms with Gasteiger partial charge in [-0.15, -0.1) is 0 Å². The Kier molecular flexibility index (Phi) is 23.1. The topological polar surface area (TPSA) is 107 Å². The predicted octanol–water partition coefficient (Wildman–Crippen LogP) is 2.22. The van der Waals surface area contributed by atoms with E-state index in [-0.39, 0.29) is 42.8 Å². The van der Waals surface area contributed by atoms with Gasteiger partial charge < -0.3 is 9.47 Å². The first-order valence-corrected chi connectivity index (χ1v) is 13.1. The summed E-state index contributed by atoms with van der Waals surface area (Å²) >= 11 is 0. The first-order valence-electron chi connectivity index (χ1n) is 11.6. The molecule has 1 atom stereocenters. The van der Waals surface area contributed by atoms with Crippen molar-refractivity contribution in [1.82, 2.24) is 0 Å². The van der Waals surface area contributed by atoms with Gasteiger partial charge in [0.15, 0.2) is 5.25 Å². The van der Waals surface area contributed by atoms with Gasteiger partial charge in [0, 0.05) is 0 Å². The standard InChI is InChI=1S/C22H42O7S.Na/c1-3-5-7-9-11-13-15-17-28-21(23)19-20(30(25,26)27)22(24)29-18-16-14-12-10-8-6-4-2;/h20H,3-19H2,1-2H3,(H,25,26,27);/q;+1. The number of esters is 2. The molecule has 31 heavy (non-hydrogen) atoms. The van der Waals surface area contributed by atoms with Gasteiger partial charge in [-0.25, -0.2) is 0 Å². The minimum Gasteiger partial charge on any atom is -0.466 e. The van der Waals surface area contributed by atoms with Crippen LogP contribution < -0.4 is 29.6 Å². The number of rotatable bonds is 20. The summed E-state index contributed by atoms with van der Waals surface area (Å²) in [6.45, 7) is 4.56. The second-order valence-electron chi connectivity index (χ2n) is 7.84. The van der Waals surface area contributed by atoms with Gasteiger partial charge in [0.1, 0.15) is 0 Å². The number of ether oxygens (including phenoxy) is 2. The third kappa shape index (κ3) is 20.2. The van der Waals surface area contributed by atoms with E-state index in [1.54, 1.807) is 0 Å². The van der Waals surface area contributed by atoms with Crippen LogP contribution in [0.1, 0.15) is 110 Å². The molecular formula is C22H42NaO7S+. The van der Waals surface area contributed by atoms with Gasteiger partial charge in [0.05, 0.1) is 19.6 Å². The van der Waals surface area contributed by atoms with Crippen LogP contribution in [0.15, 0.2) is 0 Å². The fourth-order valence-corrected chi connectivity index (χ4v) is 3.75. The molecule has 0 aromatic rings. The maximum atomic E-state index is 12.0. The second-order valence-corrected chi connectivity index (χ2v) is 9.44. The van der Waals surface area contributed by atoms with Crippen LogP contribution in [0.3, 0.4) is 0 Å². The fraction of sp³-hybridized carbons (Fsp3) is 0.909. The van der Waals surface area contributed by atoms with Gasteiger partial charge in [-0.05, 0) is 12.8 Å². The molecule has 0 aromatic heterocycles. The Bertz CT molecular complexity index is 552. The SMILES string of the molecule is CCCCCCCCCOC(=O)CC(C(=O)OCCCCCCCCC)S(=O)(=O)O.[Na+]. The van der Waals surface area contributed by atoms with Gasteiger partial charge in [-0.1, -0.05) is 90.9 Å². The Hall–Kier alpha value is -0.150. The van der Waals surface area contributed by atoms with Gasteiger partial charge >= 0.3 is 41.5 Å². The number of carbonyl (C=O) groups excluding carboxylic acids is 2. The molecule has 9 heteroatoms. The summed E-state index contributed by atoms with van der Waals surface area (Å²) < 4.78 is 42.3. The van der Waals surface area contributed by atoms with Crippen LogP contribution in [0.25, 0.3) is 0 Å². The number of hydrogen-bond acceptors (Lipinski definition) is 6. The van der Waals surface area contributed by atoms with Crippen molar-refractivity contribution in [3.63, 3.8) is 0 Å². The molecule has 1 unspecified atom stereocenters. The smallest absolute Gasteiger partial charge is 0.466 e. The zero-order valence-electron chi connectivity index (χ0n) is 19.9. The summed E-state index contributed by atoms with van der Waals surface area (Å²) in [7, 11) is -4.74. The molecule has 0 heterocycles. The Morgan fingerprint density at radius 3 is 1.52 bits per heavy atom. The fourth-order valence-electron chi connectivity index (χ4n) is 3.09. The molecule has 0 spiro atoms. The van der Waals surface area contributed by atoms with Crippen molar-refractivity contribution in [2.75, 3.05) is 13.2 Å². The molecule has 0 aliphatic rings. The predicted molar refractivity (Wildman–Crippen MR) is 118 cm³/mol. The van der Waals surface area contributed by atoms with Crippen molar-refractivity contribution < 1.29 is 61.6 Å². The van der Waals surface area contributed by atoms with Crippen molar-refractivity contribution in [2.45, 2.75) is 115 Å². The van der Waals surface area contributed by atoms with Crippen molar-refractivity contribution in [2.24, 2.45) is 0 Å². The van der Waals surface area contributed by atoms with Gasteiger partial charge in [-0.3, -0.25) is 14.1 Å². The number of carbonyl (C=O) groups is 2. The van der Waals surface area contributed by atoms with Gasteiger partial charge in [-0.2, -0.15) is 8.42 Å². The van der Waals surface area contributed by atoms with Crippen LogP contribution in [-0.4, -0.2) is 43.4 Å². The maximum absolute atomic E-state index is 12.0. The van der Waals surface area contributed by atoms with E-state index < -0.39 is 33.7 Å². The van der Waals surface area contributed by atoms with Crippen LogP contribution in [0.2, 0.25) is 0 Å². The van der Waals surface area contributed by atoms with E-state index >= 15 is 0 Å². The Balaban J connectivity index is 0. The monoisotopic (exact) mass is 473 g/mol. The molecule has 0 fully saturated rings. The summed E-state index contributed by atoms with van der Waals surface area (Å²) in [4.78, 5) is 23.9. The summed E-state index contributed by atoms with van der Waals surface area (Å²) in [5.41, 5.74) is 0. The van der Waals surface area contributed by atoms with Crippen LogP contribution >= 0.6 is 0 Å². The Morgan fingerprint density at radius 2 is 1.10 bits per heavy atom. The third-order valence-electron chi connectivity index (χ3n) is 4.98. The third-order valence-corrected chi connectivity index (χ3v) is 6.06. The minimum absolute atomic E-state index is 0. The molecular weight excluding hydrogens is 431 g/mol. The van der Waals surface area contributed by atoms with Gasteiger partial charge in [0.2, 0.25) is 0 Å². The molecule has 0 aliphatic carbocycles. The Labute approximate surface area is 211 Å². The Morgan fingerprint density at radius 1 is 0.710 bits per heavy atom. The molecule has 1 N–H and O–H groups in total. The number of unbranched alkanes of at least 4 members (excludes halogenated alkanes) is 12. The molecule has 0 aliphatic heterocycles. The van der Waals surface area contributed by atoms with E-state index in [1.807, 2.05) is 0 Å². The first kappa shape index (κ1) is 33.0. The zero-order chi connectivity index (χ0) is 22.7. The molecule has 0 aromatic carbocycles. The quantitative estimate of drug-likeness (QED) is 0.125. The molecule has 0 rings (SSSR count). The van der Waals surface area contributed by atoms with E-state index in [4.69, 9.17) is 9.47 Å². The van der Waals surface area contributed by atoms with Crippen molar-refractivity contribution in [3.05, 3.63) is 0 Å². The van der Waals surface area contributed by atoms with Crippen LogP contribution in [0.5, 0.6) is 0 Å². The van der Waals surface area contributed by atoms with Crippen molar-refractivity contribution in [1.29, 1.82) is 0 Å². The first-order chi connectivity index (χ1) is 14.3. The van der Waals surface area contributed by atoms with E-state index in [1.165, 1.54) is 38.5 Å². The van der Waals surface area contributed by atoms with Crippen molar-refractivity contribution in [3.8, 4) is 0 Å². The summed E-state index contributed by atoms with van der Waals surface area (Å²) in [5, 5.41) is -1.93. The normalized spacial score (nSPS) is 12.1. The van der Waals surface area contributed by atoms with Crippen molar-refractivity contribution >= 4 is 22.1 Å². The molecule has 0 bridgehead atoms. The van der Waals surface area contributed by atoms with Crippen LogP contribution in [0, 0.1) is 0 Å². The number of hydrogen-bond donors (Lipinski definition) is 1. The summed E-state index contributed by atoms with van der Waals surface area (Å²) in [6.07, 6.45) is 14.0. The van der Waals surface area contributed by atoms with E-state index in [0.29, 0.717) is 12.8 Å². The summed E-state index contributed by atoms with van der Waals surface area (Å²) in [5.74, 6) is -1.92. The van der Waals surface area contributed by atoms with E-state index in [9.17, 15) is 22.6 Å². The molecule has 0 saturated heterocycles. The van der Waals surface area contributed by atoms with Crippen LogP contribution in [-0.2, 0) is 29.2 Å². The van der Waals surface area contributed by atoms with E-state index in [2.05, 4.69) is 13.8 Å². The van der Waals surface area contributed by atoms with E-state index in [0.717, 1.165) is 38.5 Å². The second kappa shape index (κ2) is 21.7. The van der Waals surface area contributed by atoms with Crippen LogP contribution in [0.4, 0.5) is 0 Å². The maximum Gasteiger partial charge on any atom is 1.00 e. The molecule has 0 radical (unpaired) electrons. The zero-order valence-corrected chi connectivity index (χ0v) is 22.7. The minimum atomic E-state index is -4.74. The largest absolute Gasteiger partial charge is 1.00 e. The molecule has 0 amide bonds.